The van der Waals surface area contributed by atoms with Crippen molar-refractivity contribution in [3.05, 3.63) is 49.3 Å². The van der Waals surface area contributed by atoms with Gasteiger partial charge in [-0.3, -0.25) is 19.2 Å². The van der Waals surface area contributed by atoms with Crippen molar-refractivity contribution in [2.75, 3.05) is 72.0 Å². The van der Waals surface area contributed by atoms with Crippen molar-refractivity contribution in [2.45, 2.75) is 91.8 Å². The third-order valence-electron chi connectivity index (χ3n) is 11.6. The molecule has 0 saturated heterocycles. The second-order valence-electron chi connectivity index (χ2n) is 17.6. The number of carbonyl (C=O) groups is 2. The largest absolute Gasteiger partial charge is 0.507 e. The van der Waals surface area contributed by atoms with Crippen molar-refractivity contribution in [3.8, 4) is 23.0 Å². The van der Waals surface area contributed by atoms with E-state index in [4.69, 9.17) is 33.2 Å². The fourth-order valence-corrected chi connectivity index (χ4v) is 8.21. The van der Waals surface area contributed by atoms with Gasteiger partial charge in [0.25, 0.3) is 0 Å². The van der Waals surface area contributed by atoms with Crippen molar-refractivity contribution in [1.29, 1.82) is 0 Å². The molecule has 0 saturated carbocycles. The average molecular weight is 857 g/mol. The highest BCUT2D eigenvalue weighted by atomic mass is 16.6. The molecule has 0 atom stereocenters. The molecule has 14 nitrogen and oxygen atoms in total. The second-order valence-corrected chi connectivity index (χ2v) is 17.6. The molecule has 0 bridgehead atoms. The summed E-state index contributed by atoms with van der Waals surface area (Å²) in [6, 6.07) is 3.11. The summed E-state index contributed by atoms with van der Waals surface area (Å²) in [6.07, 6.45) is 3.80. The number of fused-ring (bicyclic) bond motifs is 1. The van der Waals surface area contributed by atoms with Crippen LogP contribution in [-0.2, 0) is 35.0 Å². The lowest BCUT2D eigenvalue weighted by molar-refractivity contribution is -0.146. The minimum absolute atomic E-state index is 0.0398. The Morgan fingerprint density at radius 2 is 1.35 bits per heavy atom. The number of aromatic hydroxyl groups is 1. The summed E-state index contributed by atoms with van der Waals surface area (Å²) in [5.41, 5.74) is 0.734. The van der Waals surface area contributed by atoms with Crippen LogP contribution in [0.5, 0.6) is 23.0 Å². The lowest BCUT2D eigenvalue weighted by Crippen LogP contribution is -2.36. The molecule has 0 aromatic heterocycles. The van der Waals surface area contributed by atoms with Gasteiger partial charge in [-0.1, -0.05) is 25.5 Å². The van der Waals surface area contributed by atoms with Crippen molar-refractivity contribution < 1.29 is 47.9 Å². The number of hydrogen-bond acceptors (Lipinski definition) is 14. The molecule has 62 heavy (non-hydrogen) atoms. The van der Waals surface area contributed by atoms with Crippen LogP contribution in [0.1, 0.15) is 85.3 Å². The molecular weight excluding hydrogens is 797 g/mol. The Morgan fingerprint density at radius 1 is 0.742 bits per heavy atom. The molecule has 0 fully saturated rings. The molecule has 0 unspecified atom stereocenters. The third kappa shape index (κ3) is 8.98. The first-order valence-corrected chi connectivity index (χ1v) is 21.1. The van der Waals surface area contributed by atoms with E-state index in [-0.39, 0.29) is 72.4 Å². The SMILES string of the molecule is COc1c2c3c4c(c(NCCOC(=O)CCC(C)(C)OCC(C)(C)OC)c(=O)c5c(O)cc(OC)c(c6c(OC)cc(NCCOC(=O)CCC(C)C)c(c1=O)c63)c54)C=C(C)C2. The Morgan fingerprint density at radius 3 is 1.97 bits per heavy atom. The molecule has 5 aromatic rings. The van der Waals surface area contributed by atoms with Crippen LogP contribution in [0.3, 0.4) is 0 Å². The lowest BCUT2D eigenvalue weighted by Gasteiger charge is -2.31. The first kappa shape index (κ1) is 45.9. The number of anilines is 2. The number of benzene rings is 5. The zero-order valence-electron chi connectivity index (χ0n) is 37.8. The van der Waals surface area contributed by atoms with Gasteiger partial charge in [0.05, 0.1) is 55.6 Å². The van der Waals surface area contributed by atoms with Crippen LogP contribution < -0.4 is 35.7 Å². The third-order valence-corrected chi connectivity index (χ3v) is 11.6. The zero-order valence-corrected chi connectivity index (χ0v) is 37.8. The molecule has 5 aromatic carbocycles. The zero-order chi connectivity index (χ0) is 45.3. The number of phenolic OH excluding ortho intramolecular Hbond substituents is 1. The van der Waals surface area contributed by atoms with Crippen LogP contribution in [0.25, 0.3) is 49.2 Å². The minimum Gasteiger partial charge on any atom is -0.507 e. The quantitative estimate of drug-likeness (QED) is 0.0281. The van der Waals surface area contributed by atoms with Gasteiger partial charge in [0.2, 0.25) is 10.9 Å². The fourth-order valence-electron chi connectivity index (χ4n) is 8.21. The highest BCUT2D eigenvalue weighted by Crippen LogP contribution is 2.54. The summed E-state index contributed by atoms with van der Waals surface area (Å²) in [5, 5.41) is 21.8. The molecule has 0 aliphatic heterocycles. The van der Waals surface area contributed by atoms with Crippen molar-refractivity contribution >= 4 is 72.5 Å². The Bertz CT molecular complexity index is 2650. The average Bonchev–Trinajstić information content (AvgIpc) is 3.38. The topological polar surface area (TPSA) is 177 Å². The number of rotatable bonds is 21. The van der Waals surface area contributed by atoms with Gasteiger partial charge in [0, 0.05) is 88.9 Å². The van der Waals surface area contributed by atoms with Crippen molar-refractivity contribution in [3.63, 3.8) is 0 Å². The maximum absolute atomic E-state index is 14.7. The van der Waals surface area contributed by atoms with E-state index >= 15 is 0 Å². The van der Waals surface area contributed by atoms with Crippen LogP contribution >= 0.6 is 0 Å². The van der Waals surface area contributed by atoms with Crippen molar-refractivity contribution in [2.24, 2.45) is 5.92 Å². The van der Waals surface area contributed by atoms with E-state index in [2.05, 4.69) is 10.6 Å². The number of phenols is 1. The van der Waals surface area contributed by atoms with E-state index in [1.54, 1.807) is 13.2 Å². The normalized spacial score (nSPS) is 13.0. The lowest BCUT2D eigenvalue weighted by atomic mass is 9.83. The predicted molar refractivity (Wildman–Crippen MR) is 243 cm³/mol. The van der Waals surface area contributed by atoms with E-state index in [1.165, 1.54) is 27.4 Å². The smallest absolute Gasteiger partial charge is 0.305 e. The molecule has 0 spiro atoms. The Balaban J connectivity index is 1.46. The molecule has 0 amide bonds. The van der Waals surface area contributed by atoms with Crippen LogP contribution in [0, 0.1) is 5.92 Å². The maximum atomic E-state index is 14.7. The second kappa shape index (κ2) is 18.4. The van der Waals surface area contributed by atoms with Gasteiger partial charge in [-0.2, -0.15) is 0 Å². The van der Waals surface area contributed by atoms with Gasteiger partial charge in [0.1, 0.15) is 30.5 Å². The minimum atomic E-state index is -0.593. The first-order chi connectivity index (χ1) is 29.4. The Labute approximate surface area is 361 Å². The van der Waals surface area contributed by atoms with Crippen molar-refractivity contribution in [1.82, 2.24) is 0 Å². The van der Waals surface area contributed by atoms with Crippen LogP contribution in [0.4, 0.5) is 11.4 Å². The first-order valence-electron chi connectivity index (χ1n) is 21.1. The number of methoxy groups -OCH3 is 4. The highest BCUT2D eigenvalue weighted by molar-refractivity contribution is 6.39. The predicted octanol–water partition coefficient (Wildman–Crippen LogP) is 7.93. The summed E-state index contributed by atoms with van der Waals surface area (Å²) >= 11 is 0. The molecule has 14 heteroatoms. The molecule has 0 heterocycles. The molecule has 1 aliphatic carbocycles. The molecule has 3 N–H and O–H groups in total. The summed E-state index contributed by atoms with van der Waals surface area (Å²) in [4.78, 5) is 54.8. The molecule has 334 valence electrons. The summed E-state index contributed by atoms with van der Waals surface area (Å²) < 4.78 is 40.5. The molecule has 6 rings (SSSR count). The maximum Gasteiger partial charge on any atom is 0.305 e. The van der Waals surface area contributed by atoms with Crippen LogP contribution in [-0.4, -0.2) is 89.6 Å². The van der Waals surface area contributed by atoms with E-state index in [9.17, 15) is 24.3 Å². The summed E-state index contributed by atoms with van der Waals surface area (Å²) in [7, 11) is 6.07. The van der Waals surface area contributed by atoms with Gasteiger partial charge in [-0.05, 0) is 65.2 Å². The fraction of sp³-hybridized carbons (Fsp3) is 0.500. The monoisotopic (exact) mass is 856 g/mol. The van der Waals surface area contributed by atoms with Gasteiger partial charge in [-0.25, -0.2) is 0 Å². The van der Waals surface area contributed by atoms with E-state index in [0.29, 0.717) is 98.5 Å². The molecular formula is C48H60N2O12. The van der Waals surface area contributed by atoms with Gasteiger partial charge in [0.15, 0.2) is 5.75 Å². The van der Waals surface area contributed by atoms with Crippen LogP contribution in [0.2, 0.25) is 0 Å². The van der Waals surface area contributed by atoms with Gasteiger partial charge in [-0.15, -0.1) is 0 Å². The van der Waals surface area contributed by atoms with E-state index in [0.717, 1.165) is 5.57 Å². The highest BCUT2D eigenvalue weighted by Gasteiger charge is 2.33. The number of allylic oxidation sites excluding steroid dienone is 1. The number of nitrogens with one attached hydrogen (secondary N) is 2. The number of ether oxygens (including phenoxy) is 7. The van der Waals surface area contributed by atoms with E-state index in [1.807, 2.05) is 54.5 Å². The Kier molecular flexibility index (Phi) is 13.6. The standard InChI is InChI=1S/C48H60N2O12/c1-25(2)12-13-33(52)60-18-16-49-29-22-31(56-8)39-40-32(57-9)23-30(51)38-42(40)35-27(20-26(3)21-28-36(35)41(39)37(29)45(55)46(28)58-10)43(44(38)54)50-17-19-61-34(53)14-15-47(4,5)62-24-48(6,7)59-11/h20,22-23,25,49-51H,12-19,21,24H2,1-11H3. The summed E-state index contributed by atoms with van der Waals surface area (Å²) in [5.74, 6) is 0.158. The summed E-state index contributed by atoms with van der Waals surface area (Å²) in [6.45, 7) is 14.4. The van der Waals surface area contributed by atoms with Crippen LogP contribution in [0.15, 0.2) is 27.3 Å². The molecule has 1 aliphatic rings. The molecule has 0 radical (unpaired) electrons. The van der Waals surface area contributed by atoms with Gasteiger partial charge < -0.3 is 48.9 Å². The number of hydrogen-bond donors (Lipinski definition) is 3. The van der Waals surface area contributed by atoms with E-state index < -0.39 is 22.6 Å². The number of carbonyl (C=O) groups excluding carboxylic acids is 2. The number of esters is 2. The Hall–Kier alpha value is -5.60. The van der Waals surface area contributed by atoms with Gasteiger partial charge >= 0.3 is 11.9 Å².